The highest BCUT2D eigenvalue weighted by atomic mass is 35.5. The summed E-state index contributed by atoms with van der Waals surface area (Å²) >= 11 is 18.5. The van der Waals surface area contributed by atoms with Crippen molar-refractivity contribution in [1.82, 2.24) is 10.6 Å². The molecule has 10 heteroatoms. The van der Waals surface area contributed by atoms with Crippen molar-refractivity contribution in [3.8, 4) is 0 Å². The molecule has 0 radical (unpaired) electrons. The predicted octanol–water partition coefficient (Wildman–Crippen LogP) is 3.39. The van der Waals surface area contributed by atoms with Crippen molar-refractivity contribution in [2.45, 2.75) is 123 Å². The van der Waals surface area contributed by atoms with Gasteiger partial charge in [-0.25, -0.2) is 0 Å². The van der Waals surface area contributed by atoms with Gasteiger partial charge in [-0.15, -0.1) is 34.8 Å². The molecule has 0 aromatic rings. The van der Waals surface area contributed by atoms with E-state index in [0.29, 0.717) is 38.5 Å². The second-order valence-corrected chi connectivity index (χ2v) is 12.5. The van der Waals surface area contributed by atoms with E-state index < -0.39 is 17.2 Å². The van der Waals surface area contributed by atoms with E-state index >= 15 is 0 Å². The van der Waals surface area contributed by atoms with E-state index in [0.717, 1.165) is 38.5 Å². The van der Waals surface area contributed by atoms with Crippen LogP contribution in [0.1, 0.15) is 77.0 Å². The summed E-state index contributed by atoms with van der Waals surface area (Å²) in [6, 6.07) is 0. The average molecular weight is 540 g/mol. The first kappa shape index (κ1) is 26.7. The standard InChI is InChI=1S/C24H37Cl3N2O5/c25-15-1-3-16(4-2-15)33-13-21(31)28-23-7-9-24(10-8-23,20(30)12-23)29-22(32)14-34-17-5-6-18(26)19(27)11-17/h15-20,30H,1-14H2,(H,28,31)(H,29,32)/t15?,16?,17?,18?,19?,20-,23?,24?/m0/s1. The number of aliphatic hydroxyl groups is 1. The Morgan fingerprint density at radius 3 is 2.00 bits per heavy atom. The molecule has 5 aliphatic rings. The van der Waals surface area contributed by atoms with Crippen LogP contribution < -0.4 is 10.6 Å². The Labute approximate surface area is 216 Å². The maximum atomic E-state index is 12.6. The molecule has 3 N–H and O–H groups in total. The Balaban J connectivity index is 1.20. The summed E-state index contributed by atoms with van der Waals surface area (Å²) in [6.07, 6.45) is 8.18. The van der Waals surface area contributed by atoms with Gasteiger partial charge in [0, 0.05) is 10.9 Å². The summed E-state index contributed by atoms with van der Waals surface area (Å²) in [5.74, 6) is -0.368. The van der Waals surface area contributed by atoms with Crippen molar-refractivity contribution in [2.24, 2.45) is 0 Å². The van der Waals surface area contributed by atoms with Gasteiger partial charge in [0.15, 0.2) is 0 Å². The van der Waals surface area contributed by atoms with Crippen LogP contribution in [-0.2, 0) is 19.1 Å². The molecule has 0 aromatic carbocycles. The number of carbonyl (C=O) groups excluding carboxylic acids is 2. The van der Waals surface area contributed by atoms with E-state index in [1.165, 1.54) is 0 Å². The highest BCUT2D eigenvalue weighted by Gasteiger charge is 2.55. The molecule has 0 aromatic heterocycles. The fourth-order valence-corrected chi connectivity index (χ4v) is 6.88. The molecular weight excluding hydrogens is 503 g/mol. The van der Waals surface area contributed by atoms with Gasteiger partial charge in [-0.1, -0.05) is 0 Å². The molecule has 0 heterocycles. The minimum atomic E-state index is -0.724. The molecule has 7 nitrogen and oxygen atoms in total. The number of hydrogen-bond donors (Lipinski definition) is 3. The van der Waals surface area contributed by atoms with Gasteiger partial charge in [0.25, 0.3) is 0 Å². The third kappa shape index (κ3) is 6.51. The molecule has 5 fully saturated rings. The molecule has 194 valence electrons. The number of alkyl halides is 3. The van der Waals surface area contributed by atoms with Gasteiger partial charge in [-0.3, -0.25) is 9.59 Å². The van der Waals surface area contributed by atoms with Crippen LogP contribution in [0.15, 0.2) is 0 Å². The van der Waals surface area contributed by atoms with Crippen LogP contribution in [0.3, 0.4) is 0 Å². The zero-order valence-electron chi connectivity index (χ0n) is 19.6. The number of fused-ring (bicyclic) bond motifs is 3. The van der Waals surface area contributed by atoms with Gasteiger partial charge in [-0.2, -0.15) is 0 Å². The summed E-state index contributed by atoms with van der Waals surface area (Å²) in [5, 5.41) is 17.1. The number of rotatable bonds is 8. The molecule has 4 atom stereocenters. The Hall–Kier alpha value is -0.310. The number of aliphatic hydroxyl groups excluding tert-OH is 1. The molecular formula is C24H37Cl3N2O5. The van der Waals surface area contributed by atoms with Crippen LogP contribution in [-0.4, -0.2) is 75.7 Å². The van der Waals surface area contributed by atoms with Gasteiger partial charge < -0.3 is 25.2 Å². The van der Waals surface area contributed by atoms with Crippen LogP contribution in [0.25, 0.3) is 0 Å². The van der Waals surface area contributed by atoms with E-state index in [2.05, 4.69) is 10.6 Å². The fraction of sp³-hybridized carbons (Fsp3) is 0.917. The zero-order chi connectivity index (χ0) is 24.3. The number of ether oxygens (including phenoxy) is 2. The third-order valence-electron chi connectivity index (χ3n) is 8.26. The van der Waals surface area contributed by atoms with Crippen molar-refractivity contribution < 1.29 is 24.2 Å². The minimum Gasteiger partial charge on any atom is -0.391 e. The lowest BCUT2D eigenvalue weighted by Gasteiger charge is -2.56. The molecule has 5 saturated carbocycles. The summed E-state index contributed by atoms with van der Waals surface area (Å²) in [4.78, 5) is 25.2. The monoisotopic (exact) mass is 538 g/mol. The van der Waals surface area contributed by atoms with Crippen molar-refractivity contribution in [3.63, 3.8) is 0 Å². The van der Waals surface area contributed by atoms with Gasteiger partial charge in [0.05, 0.1) is 34.6 Å². The lowest BCUT2D eigenvalue weighted by atomic mass is 9.60. The molecule has 2 amide bonds. The zero-order valence-corrected chi connectivity index (χ0v) is 21.8. The number of nitrogens with one attached hydrogen (secondary N) is 2. The Morgan fingerprint density at radius 1 is 0.794 bits per heavy atom. The van der Waals surface area contributed by atoms with E-state index in [-0.39, 0.29) is 53.4 Å². The van der Waals surface area contributed by atoms with Crippen molar-refractivity contribution in [3.05, 3.63) is 0 Å². The van der Waals surface area contributed by atoms with E-state index in [1.807, 2.05) is 0 Å². The topological polar surface area (TPSA) is 96.9 Å². The molecule has 5 aliphatic carbocycles. The van der Waals surface area contributed by atoms with E-state index in [9.17, 15) is 14.7 Å². The largest absolute Gasteiger partial charge is 0.391 e. The number of carbonyl (C=O) groups is 2. The highest BCUT2D eigenvalue weighted by molar-refractivity contribution is 6.30. The van der Waals surface area contributed by atoms with Gasteiger partial charge >= 0.3 is 0 Å². The van der Waals surface area contributed by atoms with E-state index in [4.69, 9.17) is 44.3 Å². The van der Waals surface area contributed by atoms with Crippen LogP contribution in [0, 0.1) is 0 Å². The SMILES string of the molecule is O=C(COC1CCC(Cl)CC1)NC12CCC(NC(=O)COC3CCC(Cl)C(Cl)C3)(CC1)[C@@H](O)C2. The predicted molar refractivity (Wildman–Crippen MR) is 132 cm³/mol. The van der Waals surface area contributed by atoms with Crippen LogP contribution in [0.4, 0.5) is 0 Å². The summed E-state index contributed by atoms with van der Waals surface area (Å²) < 4.78 is 11.6. The van der Waals surface area contributed by atoms with Gasteiger partial charge in [0.2, 0.25) is 11.8 Å². The van der Waals surface area contributed by atoms with Crippen molar-refractivity contribution in [1.29, 1.82) is 0 Å². The van der Waals surface area contributed by atoms with Crippen LogP contribution >= 0.6 is 34.8 Å². The van der Waals surface area contributed by atoms with Crippen molar-refractivity contribution in [2.75, 3.05) is 13.2 Å². The third-order valence-corrected chi connectivity index (χ3v) is 9.83. The smallest absolute Gasteiger partial charge is 0.246 e. The van der Waals surface area contributed by atoms with Gasteiger partial charge in [0.1, 0.15) is 13.2 Å². The van der Waals surface area contributed by atoms with Crippen LogP contribution in [0.2, 0.25) is 0 Å². The first-order valence-electron chi connectivity index (χ1n) is 12.6. The molecule has 5 rings (SSSR count). The average Bonchev–Trinajstić information content (AvgIpc) is 2.81. The number of halogens is 3. The molecule has 0 saturated heterocycles. The second-order valence-electron chi connectivity index (χ2n) is 10.7. The van der Waals surface area contributed by atoms with E-state index in [1.54, 1.807) is 0 Å². The Bertz CT molecular complexity index is 725. The fourth-order valence-electron chi connectivity index (χ4n) is 6.08. The Morgan fingerprint density at radius 2 is 1.38 bits per heavy atom. The number of hydrogen-bond acceptors (Lipinski definition) is 5. The Kier molecular flexibility index (Phi) is 8.96. The molecule has 0 aliphatic heterocycles. The van der Waals surface area contributed by atoms with Crippen molar-refractivity contribution >= 4 is 46.6 Å². The first-order chi connectivity index (χ1) is 16.2. The molecule has 3 unspecified atom stereocenters. The summed E-state index contributed by atoms with van der Waals surface area (Å²) in [6.45, 7) is -0.0238. The second kappa shape index (κ2) is 11.4. The maximum absolute atomic E-state index is 12.6. The summed E-state index contributed by atoms with van der Waals surface area (Å²) in [7, 11) is 0. The lowest BCUT2D eigenvalue weighted by Crippen LogP contribution is -2.70. The molecule has 2 bridgehead atoms. The minimum absolute atomic E-state index is 0.0312. The summed E-state index contributed by atoms with van der Waals surface area (Å²) in [5.41, 5.74) is -1.10. The highest BCUT2D eigenvalue weighted by Crippen LogP contribution is 2.47. The van der Waals surface area contributed by atoms with Gasteiger partial charge in [-0.05, 0) is 77.0 Å². The maximum Gasteiger partial charge on any atom is 0.246 e. The molecule has 34 heavy (non-hydrogen) atoms. The first-order valence-corrected chi connectivity index (χ1v) is 14.0. The van der Waals surface area contributed by atoms with Crippen LogP contribution in [0.5, 0.6) is 0 Å². The number of amides is 2. The lowest BCUT2D eigenvalue weighted by molar-refractivity contribution is -0.141. The quantitative estimate of drug-likeness (QED) is 0.411. The normalized spacial score (nSPS) is 42.2. The molecule has 0 spiro atoms.